The Morgan fingerprint density at radius 3 is 2.43 bits per heavy atom. The standard InChI is InChI=1S/C15H12Br3NO2/c1-9-6-10(16)2-4-13(9)19-15(20)8-21-14-5-3-11(17)7-12(14)18/h2-7H,8H2,1H3,(H,19,20). The van der Waals surface area contributed by atoms with Crippen LogP contribution in [0.4, 0.5) is 5.69 Å². The van der Waals surface area contributed by atoms with Gasteiger partial charge in [0.05, 0.1) is 4.47 Å². The summed E-state index contributed by atoms with van der Waals surface area (Å²) in [5, 5.41) is 2.83. The van der Waals surface area contributed by atoms with Gasteiger partial charge in [0.15, 0.2) is 6.61 Å². The molecule has 2 aromatic rings. The van der Waals surface area contributed by atoms with Crippen LogP contribution in [-0.4, -0.2) is 12.5 Å². The van der Waals surface area contributed by atoms with Crippen molar-refractivity contribution in [3.05, 3.63) is 55.4 Å². The van der Waals surface area contributed by atoms with Gasteiger partial charge in [-0.15, -0.1) is 0 Å². The molecule has 0 saturated heterocycles. The highest BCUT2D eigenvalue weighted by molar-refractivity contribution is 9.11. The van der Waals surface area contributed by atoms with Crippen LogP contribution in [0.15, 0.2) is 49.8 Å². The van der Waals surface area contributed by atoms with Crippen LogP contribution < -0.4 is 10.1 Å². The largest absolute Gasteiger partial charge is 0.483 e. The number of ether oxygens (including phenoxy) is 1. The lowest BCUT2D eigenvalue weighted by atomic mass is 10.2. The predicted molar refractivity (Wildman–Crippen MR) is 94.8 cm³/mol. The van der Waals surface area contributed by atoms with Crippen LogP contribution in [0, 0.1) is 6.92 Å². The van der Waals surface area contributed by atoms with Crippen LogP contribution in [0.2, 0.25) is 0 Å². The molecule has 0 aliphatic heterocycles. The van der Waals surface area contributed by atoms with Crippen molar-refractivity contribution in [1.29, 1.82) is 0 Å². The number of aryl methyl sites for hydroxylation is 1. The molecule has 0 aliphatic carbocycles. The summed E-state index contributed by atoms with van der Waals surface area (Å²) in [6.07, 6.45) is 0. The van der Waals surface area contributed by atoms with Crippen molar-refractivity contribution < 1.29 is 9.53 Å². The third-order valence-electron chi connectivity index (χ3n) is 2.72. The zero-order chi connectivity index (χ0) is 15.4. The second-order valence-electron chi connectivity index (χ2n) is 4.37. The van der Waals surface area contributed by atoms with Gasteiger partial charge in [0, 0.05) is 14.6 Å². The molecule has 0 saturated carbocycles. The summed E-state index contributed by atoms with van der Waals surface area (Å²) in [6.45, 7) is 1.89. The van der Waals surface area contributed by atoms with E-state index in [4.69, 9.17) is 4.74 Å². The first-order valence-electron chi connectivity index (χ1n) is 6.09. The SMILES string of the molecule is Cc1cc(Br)ccc1NC(=O)COc1ccc(Br)cc1Br. The Kier molecular flexibility index (Phi) is 5.84. The maximum atomic E-state index is 11.9. The first-order chi connectivity index (χ1) is 9.95. The van der Waals surface area contributed by atoms with Crippen molar-refractivity contribution in [2.75, 3.05) is 11.9 Å². The topological polar surface area (TPSA) is 38.3 Å². The Hall–Kier alpha value is -0.850. The van der Waals surface area contributed by atoms with Crippen molar-refractivity contribution in [1.82, 2.24) is 0 Å². The van der Waals surface area contributed by atoms with Crippen LogP contribution in [0.25, 0.3) is 0 Å². The molecule has 110 valence electrons. The Bertz CT molecular complexity index is 674. The van der Waals surface area contributed by atoms with Crippen molar-refractivity contribution in [2.24, 2.45) is 0 Å². The summed E-state index contributed by atoms with van der Waals surface area (Å²) in [6, 6.07) is 11.2. The van der Waals surface area contributed by atoms with Gasteiger partial charge < -0.3 is 10.1 Å². The van der Waals surface area contributed by atoms with Crippen molar-refractivity contribution in [3.8, 4) is 5.75 Å². The first kappa shape index (κ1) is 16.5. The van der Waals surface area contributed by atoms with Crippen LogP contribution in [0.3, 0.4) is 0 Å². The number of amides is 1. The van der Waals surface area contributed by atoms with Crippen LogP contribution in [-0.2, 0) is 4.79 Å². The fourth-order valence-corrected chi connectivity index (χ4v) is 3.33. The molecule has 1 amide bonds. The molecule has 0 radical (unpaired) electrons. The molecule has 3 nitrogen and oxygen atoms in total. The van der Waals surface area contributed by atoms with E-state index in [-0.39, 0.29) is 12.5 Å². The zero-order valence-corrected chi connectivity index (χ0v) is 15.9. The molecule has 0 fully saturated rings. The molecule has 0 heterocycles. The lowest BCUT2D eigenvalue weighted by Gasteiger charge is -2.11. The van der Waals surface area contributed by atoms with Crippen molar-refractivity contribution >= 4 is 59.4 Å². The molecule has 1 N–H and O–H groups in total. The minimum absolute atomic E-state index is 0.0459. The third-order valence-corrected chi connectivity index (χ3v) is 4.32. The Morgan fingerprint density at radius 2 is 1.76 bits per heavy atom. The minimum atomic E-state index is -0.199. The van der Waals surface area contributed by atoms with Crippen molar-refractivity contribution in [2.45, 2.75) is 6.92 Å². The number of nitrogens with one attached hydrogen (secondary N) is 1. The number of halogens is 3. The number of carbonyl (C=O) groups excluding carboxylic acids is 1. The fourth-order valence-electron chi connectivity index (χ4n) is 1.69. The lowest BCUT2D eigenvalue weighted by molar-refractivity contribution is -0.118. The number of hydrogen-bond acceptors (Lipinski definition) is 2. The first-order valence-corrected chi connectivity index (χ1v) is 8.47. The summed E-state index contributed by atoms with van der Waals surface area (Å²) in [4.78, 5) is 11.9. The van der Waals surface area contributed by atoms with E-state index in [1.165, 1.54) is 0 Å². The summed E-state index contributed by atoms with van der Waals surface area (Å²) < 4.78 is 8.22. The number of carbonyl (C=O) groups is 1. The van der Waals surface area contributed by atoms with Crippen molar-refractivity contribution in [3.63, 3.8) is 0 Å². The van der Waals surface area contributed by atoms with Gasteiger partial charge in [0.2, 0.25) is 0 Å². The quantitative estimate of drug-likeness (QED) is 0.649. The average molecular weight is 478 g/mol. The van der Waals surface area contributed by atoms with Crippen LogP contribution >= 0.6 is 47.8 Å². The van der Waals surface area contributed by atoms with E-state index in [2.05, 4.69) is 53.1 Å². The van der Waals surface area contributed by atoms with E-state index >= 15 is 0 Å². The van der Waals surface area contributed by atoms with Gasteiger partial charge in [-0.05, 0) is 64.8 Å². The molecule has 0 aliphatic rings. The normalized spacial score (nSPS) is 10.3. The van der Waals surface area contributed by atoms with E-state index in [0.29, 0.717) is 5.75 Å². The third kappa shape index (κ3) is 4.83. The minimum Gasteiger partial charge on any atom is -0.483 e. The molecule has 0 bridgehead atoms. The number of anilines is 1. The molecule has 0 aromatic heterocycles. The molecule has 0 unspecified atom stereocenters. The summed E-state index contributed by atoms with van der Waals surface area (Å²) in [5.74, 6) is 0.427. The monoisotopic (exact) mass is 475 g/mol. The molecule has 0 atom stereocenters. The Labute approximate surface area is 148 Å². The van der Waals surface area contributed by atoms with Gasteiger partial charge in [-0.2, -0.15) is 0 Å². The van der Waals surface area contributed by atoms with Crippen LogP contribution in [0.1, 0.15) is 5.56 Å². The second-order valence-corrected chi connectivity index (χ2v) is 7.06. The smallest absolute Gasteiger partial charge is 0.262 e. The van der Waals surface area contributed by atoms with E-state index in [0.717, 1.165) is 24.7 Å². The van der Waals surface area contributed by atoms with Gasteiger partial charge in [-0.3, -0.25) is 4.79 Å². The number of benzene rings is 2. The summed E-state index contributed by atoms with van der Waals surface area (Å²) in [5.41, 5.74) is 1.77. The molecular weight excluding hydrogens is 466 g/mol. The summed E-state index contributed by atoms with van der Waals surface area (Å²) >= 11 is 10.1. The Morgan fingerprint density at radius 1 is 1.10 bits per heavy atom. The second kappa shape index (κ2) is 7.42. The van der Waals surface area contributed by atoms with Gasteiger partial charge in [-0.1, -0.05) is 31.9 Å². The maximum absolute atomic E-state index is 11.9. The maximum Gasteiger partial charge on any atom is 0.262 e. The molecule has 6 heteroatoms. The van der Waals surface area contributed by atoms with E-state index in [1.54, 1.807) is 6.07 Å². The highest BCUT2D eigenvalue weighted by Crippen LogP contribution is 2.28. The fraction of sp³-hybridized carbons (Fsp3) is 0.133. The van der Waals surface area contributed by atoms with Gasteiger partial charge in [0.25, 0.3) is 5.91 Å². The number of hydrogen-bond donors (Lipinski definition) is 1. The lowest BCUT2D eigenvalue weighted by Crippen LogP contribution is -2.20. The van der Waals surface area contributed by atoms with E-state index in [1.807, 2.05) is 37.3 Å². The zero-order valence-electron chi connectivity index (χ0n) is 11.1. The highest BCUT2D eigenvalue weighted by Gasteiger charge is 2.08. The number of rotatable bonds is 4. The highest BCUT2D eigenvalue weighted by atomic mass is 79.9. The predicted octanol–water partition coefficient (Wildman–Crippen LogP) is 5.30. The van der Waals surface area contributed by atoms with E-state index in [9.17, 15) is 4.79 Å². The van der Waals surface area contributed by atoms with Gasteiger partial charge in [-0.25, -0.2) is 0 Å². The van der Waals surface area contributed by atoms with Gasteiger partial charge >= 0.3 is 0 Å². The van der Waals surface area contributed by atoms with E-state index < -0.39 is 0 Å². The molecule has 2 aromatic carbocycles. The molecular formula is C15H12Br3NO2. The Balaban J connectivity index is 1.96. The van der Waals surface area contributed by atoms with Crippen LogP contribution in [0.5, 0.6) is 5.75 Å². The summed E-state index contributed by atoms with van der Waals surface area (Å²) in [7, 11) is 0. The molecule has 0 spiro atoms. The molecule has 2 rings (SSSR count). The average Bonchev–Trinajstić information content (AvgIpc) is 2.41. The van der Waals surface area contributed by atoms with Gasteiger partial charge in [0.1, 0.15) is 5.75 Å². The molecule has 21 heavy (non-hydrogen) atoms.